The number of rotatable bonds is 3. The van der Waals surface area contributed by atoms with Crippen molar-refractivity contribution in [2.24, 2.45) is 0 Å². The van der Waals surface area contributed by atoms with Gasteiger partial charge in [-0.2, -0.15) is 0 Å². The quantitative estimate of drug-likeness (QED) is 0.552. The van der Waals surface area contributed by atoms with Gasteiger partial charge < -0.3 is 19.1 Å². The van der Waals surface area contributed by atoms with Gasteiger partial charge in [-0.05, 0) is 36.2 Å². The molecule has 1 aliphatic heterocycles. The third kappa shape index (κ3) is 2.86. The maximum Gasteiger partial charge on any atom is 0.349 e. The molecule has 2 aromatic heterocycles. The Balaban J connectivity index is 1.59. The summed E-state index contributed by atoms with van der Waals surface area (Å²) < 4.78 is 11.5. The molecule has 0 spiro atoms. The van der Waals surface area contributed by atoms with Crippen molar-refractivity contribution in [3.8, 4) is 11.5 Å². The fourth-order valence-electron chi connectivity index (χ4n) is 3.77. The summed E-state index contributed by atoms with van der Waals surface area (Å²) in [5.41, 5.74) is 4.14. The van der Waals surface area contributed by atoms with Gasteiger partial charge in [-0.1, -0.05) is 19.1 Å². The van der Waals surface area contributed by atoms with E-state index in [-0.39, 0.29) is 0 Å². The molecule has 3 heterocycles. The molecule has 6 heteroatoms. The molecule has 5 rings (SSSR count). The number of piperazine rings is 1. The van der Waals surface area contributed by atoms with Gasteiger partial charge in [0.25, 0.3) is 0 Å². The van der Waals surface area contributed by atoms with Crippen molar-refractivity contribution in [3.63, 3.8) is 0 Å². The van der Waals surface area contributed by atoms with E-state index in [1.54, 1.807) is 6.07 Å². The highest BCUT2D eigenvalue weighted by atomic mass is 16.4. The molecule has 1 saturated heterocycles. The molecule has 0 radical (unpaired) electrons. The molecule has 0 saturated carbocycles. The van der Waals surface area contributed by atoms with E-state index in [9.17, 15) is 4.79 Å². The smallest absolute Gasteiger partial charge is 0.349 e. The Kier molecular flexibility index (Phi) is 4.13. The van der Waals surface area contributed by atoms with Crippen molar-refractivity contribution in [2.45, 2.75) is 13.3 Å². The van der Waals surface area contributed by atoms with E-state index in [2.05, 4.69) is 28.2 Å². The van der Waals surface area contributed by atoms with Crippen LogP contribution in [-0.2, 0) is 6.42 Å². The summed E-state index contributed by atoms with van der Waals surface area (Å²) in [6.07, 6.45) is 0.852. The molecule has 28 heavy (non-hydrogen) atoms. The molecule has 6 nitrogen and oxygen atoms in total. The Morgan fingerprint density at radius 3 is 2.75 bits per heavy atom. The van der Waals surface area contributed by atoms with Gasteiger partial charge in [0.1, 0.15) is 16.7 Å². The fourth-order valence-corrected chi connectivity index (χ4v) is 3.77. The summed E-state index contributed by atoms with van der Waals surface area (Å²) in [5.74, 6) is 0.303. The first-order valence-electron chi connectivity index (χ1n) is 9.65. The second-order valence-corrected chi connectivity index (χ2v) is 7.04. The van der Waals surface area contributed by atoms with Crippen molar-refractivity contribution in [1.29, 1.82) is 0 Å². The van der Waals surface area contributed by atoms with Crippen LogP contribution in [0.15, 0.2) is 56.1 Å². The van der Waals surface area contributed by atoms with Crippen LogP contribution >= 0.6 is 0 Å². The van der Waals surface area contributed by atoms with Gasteiger partial charge >= 0.3 is 5.63 Å². The maximum atomic E-state index is 12.7. The molecular formula is C22H21N3O3. The summed E-state index contributed by atoms with van der Waals surface area (Å²) >= 11 is 0. The SMILES string of the molecule is CCc1cccc2oc(-c3cc4ccc(N5CCNCC5)cc4oc3=O)nc12. The van der Waals surface area contributed by atoms with Crippen molar-refractivity contribution >= 4 is 27.8 Å². The summed E-state index contributed by atoms with van der Waals surface area (Å²) in [6, 6.07) is 13.6. The molecule has 0 bridgehead atoms. The Hall–Kier alpha value is -3.12. The fraction of sp³-hybridized carbons (Fsp3) is 0.273. The normalized spacial score (nSPS) is 14.8. The van der Waals surface area contributed by atoms with Crippen LogP contribution in [0, 0.1) is 0 Å². The zero-order chi connectivity index (χ0) is 19.1. The minimum atomic E-state index is -0.436. The largest absolute Gasteiger partial charge is 0.436 e. The first-order valence-corrected chi connectivity index (χ1v) is 9.65. The lowest BCUT2D eigenvalue weighted by molar-refractivity contribution is 0.552. The van der Waals surface area contributed by atoms with Crippen molar-refractivity contribution < 1.29 is 8.83 Å². The zero-order valence-electron chi connectivity index (χ0n) is 15.7. The molecule has 2 aromatic carbocycles. The Bertz CT molecular complexity index is 1220. The Morgan fingerprint density at radius 1 is 1.07 bits per heavy atom. The van der Waals surface area contributed by atoms with Crippen LogP contribution < -0.4 is 15.8 Å². The number of anilines is 1. The monoisotopic (exact) mass is 375 g/mol. The van der Waals surface area contributed by atoms with E-state index in [0.29, 0.717) is 22.6 Å². The summed E-state index contributed by atoms with van der Waals surface area (Å²) in [6.45, 7) is 5.87. The van der Waals surface area contributed by atoms with E-state index in [4.69, 9.17) is 8.83 Å². The molecule has 1 fully saturated rings. The highest BCUT2D eigenvalue weighted by Crippen LogP contribution is 2.28. The van der Waals surface area contributed by atoms with Crippen molar-refractivity contribution in [2.75, 3.05) is 31.1 Å². The number of oxazole rings is 1. The van der Waals surface area contributed by atoms with Crippen LogP contribution in [0.3, 0.4) is 0 Å². The van der Waals surface area contributed by atoms with E-state index in [1.165, 1.54) is 0 Å². The Labute approximate surface area is 161 Å². The van der Waals surface area contributed by atoms with Gasteiger partial charge in [0.2, 0.25) is 5.89 Å². The van der Waals surface area contributed by atoms with Crippen LogP contribution in [0.1, 0.15) is 12.5 Å². The molecule has 0 aliphatic carbocycles. The predicted octanol–water partition coefficient (Wildman–Crippen LogP) is 3.57. The van der Waals surface area contributed by atoms with Gasteiger partial charge in [0.15, 0.2) is 5.58 Å². The number of nitrogens with zero attached hydrogens (tertiary/aromatic N) is 2. The van der Waals surface area contributed by atoms with Gasteiger partial charge in [0, 0.05) is 43.3 Å². The lowest BCUT2D eigenvalue weighted by Gasteiger charge is -2.29. The number of aromatic nitrogens is 1. The number of nitrogens with one attached hydrogen (secondary N) is 1. The summed E-state index contributed by atoms with van der Waals surface area (Å²) in [7, 11) is 0. The van der Waals surface area contributed by atoms with Gasteiger partial charge in [0.05, 0.1) is 0 Å². The lowest BCUT2D eigenvalue weighted by atomic mass is 10.1. The second kappa shape index (κ2) is 6.80. The molecule has 0 amide bonds. The molecule has 0 unspecified atom stereocenters. The molecule has 142 valence electrons. The number of benzene rings is 2. The van der Waals surface area contributed by atoms with Crippen LogP contribution in [0.5, 0.6) is 0 Å². The van der Waals surface area contributed by atoms with Crippen molar-refractivity contribution in [3.05, 3.63) is 58.4 Å². The summed E-state index contributed by atoms with van der Waals surface area (Å²) in [5, 5.41) is 4.20. The van der Waals surface area contributed by atoms with Crippen LogP contribution in [-0.4, -0.2) is 31.2 Å². The molecule has 1 N–H and O–H groups in total. The third-order valence-electron chi connectivity index (χ3n) is 5.32. The average molecular weight is 375 g/mol. The first-order chi connectivity index (χ1) is 13.7. The number of hydrogen-bond acceptors (Lipinski definition) is 6. The number of aryl methyl sites for hydroxylation is 1. The van der Waals surface area contributed by atoms with Crippen molar-refractivity contribution in [1.82, 2.24) is 10.3 Å². The standard InChI is InChI=1S/C22H21N3O3/c1-2-14-4-3-5-18-20(14)24-21(27-18)17-12-15-6-7-16(13-19(15)28-22(17)26)25-10-8-23-9-11-25/h3-7,12-13,23H,2,8-11H2,1H3. The number of hydrogen-bond donors (Lipinski definition) is 1. The Morgan fingerprint density at radius 2 is 1.93 bits per heavy atom. The van der Waals surface area contributed by atoms with Crippen LogP contribution in [0.4, 0.5) is 5.69 Å². The van der Waals surface area contributed by atoms with Crippen LogP contribution in [0.2, 0.25) is 0 Å². The lowest BCUT2D eigenvalue weighted by Crippen LogP contribution is -2.43. The minimum Gasteiger partial charge on any atom is -0.436 e. The molecule has 0 atom stereocenters. The predicted molar refractivity (Wildman–Crippen MR) is 110 cm³/mol. The van der Waals surface area contributed by atoms with Crippen LogP contribution in [0.25, 0.3) is 33.5 Å². The maximum absolute atomic E-state index is 12.7. The first kappa shape index (κ1) is 17.0. The average Bonchev–Trinajstić information content (AvgIpc) is 3.17. The second-order valence-electron chi connectivity index (χ2n) is 7.04. The molecule has 4 aromatic rings. The highest BCUT2D eigenvalue weighted by molar-refractivity contribution is 5.85. The van der Waals surface area contributed by atoms with Gasteiger partial charge in [-0.25, -0.2) is 9.78 Å². The van der Waals surface area contributed by atoms with E-state index < -0.39 is 5.63 Å². The zero-order valence-corrected chi connectivity index (χ0v) is 15.7. The van der Waals surface area contributed by atoms with Gasteiger partial charge in [-0.15, -0.1) is 0 Å². The third-order valence-corrected chi connectivity index (χ3v) is 5.32. The minimum absolute atomic E-state index is 0.303. The molecular weight excluding hydrogens is 354 g/mol. The highest BCUT2D eigenvalue weighted by Gasteiger charge is 2.17. The topological polar surface area (TPSA) is 71.5 Å². The van der Waals surface area contributed by atoms with E-state index in [0.717, 1.165) is 54.8 Å². The number of fused-ring (bicyclic) bond motifs is 2. The molecule has 1 aliphatic rings. The van der Waals surface area contributed by atoms with E-state index in [1.807, 2.05) is 30.3 Å². The number of para-hydroxylation sites is 1. The van der Waals surface area contributed by atoms with E-state index >= 15 is 0 Å². The van der Waals surface area contributed by atoms with Gasteiger partial charge in [-0.3, -0.25) is 0 Å². The summed E-state index contributed by atoms with van der Waals surface area (Å²) in [4.78, 5) is 19.5.